The van der Waals surface area contributed by atoms with Crippen molar-refractivity contribution < 1.29 is 4.79 Å². The summed E-state index contributed by atoms with van der Waals surface area (Å²) in [7, 11) is 2.01. The van der Waals surface area contributed by atoms with E-state index in [0.717, 1.165) is 32.1 Å². The van der Waals surface area contributed by atoms with Gasteiger partial charge in [-0.15, -0.1) is 12.4 Å². The third-order valence-corrected chi connectivity index (χ3v) is 4.06. The van der Waals surface area contributed by atoms with Gasteiger partial charge in [-0.2, -0.15) is 0 Å². The maximum absolute atomic E-state index is 12.0. The summed E-state index contributed by atoms with van der Waals surface area (Å²) in [5.74, 6) is 1.53. The van der Waals surface area contributed by atoms with Gasteiger partial charge in [0.25, 0.3) is 0 Å². The molecule has 0 aromatic carbocycles. The second-order valence-corrected chi connectivity index (χ2v) is 6.19. The molecule has 1 rings (SSSR count). The van der Waals surface area contributed by atoms with Crippen LogP contribution in [0.2, 0.25) is 0 Å². The van der Waals surface area contributed by atoms with Crippen molar-refractivity contribution in [1.29, 1.82) is 0 Å². The van der Waals surface area contributed by atoms with E-state index in [4.69, 9.17) is 0 Å². The predicted octanol–water partition coefficient (Wildman–Crippen LogP) is 1.89. The van der Waals surface area contributed by atoms with Gasteiger partial charge in [0.05, 0.1) is 6.04 Å². The molecule has 0 bridgehead atoms. The Bertz CT molecular complexity index is 266. The fraction of sp³-hybridized carbons (Fsp3) is 0.933. The molecule has 0 saturated carbocycles. The third-order valence-electron chi connectivity index (χ3n) is 4.06. The van der Waals surface area contributed by atoms with Crippen LogP contribution < -0.4 is 10.6 Å². The number of likely N-dealkylation sites (tertiary alicyclic amines) is 1. The summed E-state index contributed by atoms with van der Waals surface area (Å²) in [5.41, 5.74) is 0. The van der Waals surface area contributed by atoms with Gasteiger partial charge in [-0.05, 0) is 64.7 Å². The van der Waals surface area contributed by atoms with E-state index < -0.39 is 0 Å². The van der Waals surface area contributed by atoms with Crippen LogP contribution in [0.5, 0.6) is 0 Å². The van der Waals surface area contributed by atoms with Crippen LogP contribution in [-0.4, -0.2) is 50.1 Å². The van der Waals surface area contributed by atoms with E-state index in [1.54, 1.807) is 0 Å². The molecule has 1 atom stereocenters. The molecule has 1 fully saturated rings. The van der Waals surface area contributed by atoms with Gasteiger partial charge < -0.3 is 10.6 Å². The first-order valence-electron chi connectivity index (χ1n) is 7.71. The molecular weight excluding hydrogens is 274 g/mol. The van der Waals surface area contributed by atoms with Gasteiger partial charge in [0.2, 0.25) is 5.91 Å². The lowest BCUT2D eigenvalue weighted by Gasteiger charge is -2.35. The molecule has 1 unspecified atom stereocenters. The maximum atomic E-state index is 12.0. The molecule has 120 valence electrons. The lowest BCUT2D eigenvalue weighted by atomic mass is 9.93. The molecule has 4 nitrogen and oxygen atoms in total. The summed E-state index contributed by atoms with van der Waals surface area (Å²) in [6.45, 7) is 10.3. The fourth-order valence-corrected chi connectivity index (χ4v) is 2.60. The van der Waals surface area contributed by atoms with E-state index in [0.29, 0.717) is 5.92 Å². The monoisotopic (exact) mass is 305 g/mol. The molecule has 1 saturated heterocycles. The summed E-state index contributed by atoms with van der Waals surface area (Å²) < 4.78 is 0. The van der Waals surface area contributed by atoms with Crippen molar-refractivity contribution in [3.63, 3.8) is 0 Å². The van der Waals surface area contributed by atoms with Crippen LogP contribution in [0, 0.1) is 11.8 Å². The number of hydrogen-bond acceptors (Lipinski definition) is 3. The van der Waals surface area contributed by atoms with Crippen LogP contribution >= 0.6 is 12.4 Å². The minimum Gasteiger partial charge on any atom is -0.354 e. The van der Waals surface area contributed by atoms with Gasteiger partial charge in [-0.3, -0.25) is 9.69 Å². The second kappa shape index (κ2) is 10.4. The molecule has 0 aromatic rings. The van der Waals surface area contributed by atoms with Gasteiger partial charge in [-0.1, -0.05) is 13.8 Å². The fourth-order valence-electron chi connectivity index (χ4n) is 2.60. The van der Waals surface area contributed by atoms with Crippen molar-refractivity contribution in [1.82, 2.24) is 15.5 Å². The Balaban J connectivity index is 0.00000361. The molecule has 1 amide bonds. The highest BCUT2D eigenvalue weighted by molar-refractivity contribution is 5.85. The number of piperidine rings is 1. The van der Waals surface area contributed by atoms with Gasteiger partial charge >= 0.3 is 0 Å². The van der Waals surface area contributed by atoms with Crippen molar-refractivity contribution >= 4 is 18.3 Å². The Morgan fingerprint density at radius 3 is 2.35 bits per heavy atom. The Hall–Kier alpha value is -0.320. The van der Waals surface area contributed by atoms with Crippen molar-refractivity contribution in [3.8, 4) is 0 Å². The van der Waals surface area contributed by atoms with Crippen LogP contribution in [0.25, 0.3) is 0 Å². The quantitative estimate of drug-likeness (QED) is 0.755. The van der Waals surface area contributed by atoms with Crippen LogP contribution in [0.3, 0.4) is 0 Å². The summed E-state index contributed by atoms with van der Waals surface area (Å²) >= 11 is 0. The van der Waals surface area contributed by atoms with Crippen LogP contribution in [0.1, 0.15) is 40.0 Å². The van der Waals surface area contributed by atoms with E-state index >= 15 is 0 Å². The SMILES string of the molecule is CNCCC1CCN(C(C)C(=O)NCC(C)C)CC1.Cl. The number of carbonyl (C=O) groups excluding carboxylic acids is 1. The largest absolute Gasteiger partial charge is 0.354 e. The number of halogens is 1. The summed E-state index contributed by atoms with van der Waals surface area (Å²) in [6.07, 6.45) is 3.71. The first kappa shape index (κ1) is 19.7. The van der Waals surface area contributed by atoms with Crippen molar-refractivity contribution in [2.24, 2.45) is 11.8 Å². The summed E-state index contributed by atoms with van der Waals surface area (Å²) in [6, 6.07) is 0.0176. The van der Waals surface area contributed by atoms with Gasteiger partial charge in [0.1, 0.15) is 0 Å². The standard InChI is InChI=1S/C15H31N3O.ClH/c1-12(2)11-17-15(19)13(3)18-9-6-14(7-10-18)5-8-16-4;/h12-14,16H,5-11H2,1-4H3,(H,17,19);1H. The Morgan fingerprint density at radius 2 is 1.85 bits per heavy atom. The maximum Gasteiger partial charge on any atom is 0.237 e. The minimum absolute atomic E-state index is 0. The summed E-state index contributed by atoms with van der Waals surface area (Å²) in [5, 5.41) is 6.25. The first-order valence-corrected chi connectivity index (χ1v) is 7.71. The molecular formula is C15H32ClN3O. The number of amides is 1. The number of carbonyl (C=O) groups is 1. The van der Waals surface area contributed by atoms with Crippen molar-refractivity contribution in [3.05, 3.63) is 0 Å². The minimum atomic E-state index is 0. The highest BCUT2D eigenvalue weighted by Crippen LogP contribution is 2.21. The number of nitrogens with zero attached hydrogens (tertiary/aromatic N) is 1. The van der Waals surface area contributed by atoms with Crippen molar-refractivity contribution in [2.75, 3.05) is 33.2 Å². The number of nitrogens with one attached hydrogen (secondary N) is 2. The molecule has 0 aromatic heterocycles. The van der Waals surface area contributed by atoms with E-state index in [2.05, 4.69) is 29.4 Å². The van der Waals surface area contributed by atoms with Gasteiger partial charge in [0.15, 0.2) is 0 Å². The van der Waals surface area contributed by atoms with E-state index in [1.807, 2.05) is 14.0 Å². The Labute approximate surface area is 130 Å². The van der Waals surface area contributed by atoms with Gasteiger partial charge in [-0.25, -0.2) is 0 Å². The number of hydrogen-bond donors (Lipinski definition) is 2. The zero-order chi connectivity index (χ0) is 14.3. The molecule has 20 heavy (non-hydrogen) atoms. The molecule has 0 spiro atoms. The molecule has 0 radical (unpaired) electrons. The molecule has 1 aliphatic heterocycles. The van der Waals surface area contributed by atoms with Crippen LogP contribution in [0.15, 0.2) is 0 Å². The van der Waals surface area contributed by atoms with Crippen molar-refractivity contribution in [2.45, 2.75) is 46.1 Å². The Kier molecular flexibility index (Phi) is 10.2. The second-order valence-electron chi connectivity index (χ2n) is 6.19. The van der Waals surface area contributed by atoms with E-state index in [9.17, 15) is 4.79 Å². The average Bonchev–Trinajstić information content (AvgIpc) is 2.42. The first-order chi connectivity index (χ1) is 9.04. The molecule has 1 aliphatic rings. The van der Waals surface area contributed by atoms with Crippen LogP contribution in [-0.2, 0) is 4.79 Å². The average molecular weight is 306 g/mol. The molecule has 0 aliphatic carbocycles. The highest BCUT2D eigenvalue weighted by atomic mass is 35.5. The zero-order valence-electron chi connectivity index (χ0n) is 13.4. The molecule has 2 N–H and O–H groups in total. The molecule has 5 heteroatoms. The molecule has 1 heterocycles. The number of rotatable bonds is 7. The highest BCUT2D eigenvalue weighted by Gasteiger charge is 2.26. The summed E-state index contributed by atoms with van der Waals surface area (Å²) in [4.78, 5) is 14.4. The third kappa shape index (κ3) is 6.91. The smallest absolute Gasteiger partial charge is 0.237 e. The Morgan fingerprint density at radius 1 is 1.25 bits per heavy atom. The lowest BCUT2D eigenvalue weighted by Crippen LogP contribution is -2.49. The van der Waals surface area contributed by atoms with Crippen LogP contribution in [0.4, 0.5) is 0 Å². The van der Waals surface area contributed by atoms with Gasteiger partial charge in [0, 0.05) is 6.54 Å². The normalized spacial score (nSPS) is 18.6. The van der Waals surface area contributed by atoms with E-state index in [-0.39, 0.29) is 24.4 Å². The predicted molar refractivity (Wildman–Crippen MR) is 87.4 cm³/mol. The lowest BCUT2D eigenvalue weighted by molar-refractivity contribution is -0.126. The zero-order valence-corrected chi connectivity index (χ0v) is 14.3. The van der Waals surface area contributed by atoms with E-state index in [1.165, 1.54) is 19.3 Å². The topological polar surface area (TPSA) is 44.4 Å².